The summed E-state index contributed by atoms with van der Waals surface area (Å²) in [5, 5.41) is 2.00. The molecule has 3 aliphatic heterocycles. The van der Waals surface area contributed by atoms with Crippen LogP contribution in [-0.4, -0.2) is 54.3 Å². The maximum absolute atomic E-state index is 12.3. The third kappa shape index (κ3) is 1.71. The largest absolute Gasteiger partial charge is 0.299 e. The lowest BCUT2D eigenvalue weighted by Crippen LogP contribution is -2.63. The minimum absolute atomic E-state index is 0.108. The Kier molecular flexibility index (Phi) is 2.58. The number of hydrogen-bond donors (Lipinski definition) is 0. The van der Waals surface area contributed by atoms with Crippen molar-refractivity contribution in [2.75, 3.05) is 32.7 Å². The van der Waals surface area contributed by atoms with E-state index in [1.54, 1.807) is 11.3 Å². The molecule has 3 fully saturated rings. The molecule has 4 rings (SSSR count). The number of fused-ring (bicyclic) bond motifs is 3. The summed E-state index contributed by atoms with van der Waals surface area (Å²) in [4.78, 5) is 18.3. The molecule has 3 aliphatic rings. The molecule has 0 amide bonds. The first kappa shape index (κ1) is 10.4. The monoisotopic (exact) mass is 236 g/mol. The van der Waals surface area contributed by atoms with Gasteiger partial charge in [0, 0.05) is 48.5 Å². The van der Waals surface area contributed by atoms with Crippen LogP contribution in [0.15, 0.2) is 11.4 Å². The molecule has 0 aromatic carbocycles. The summed E-state index contributed by atoms with van der Waals surface area (Å²) in [6, 6.07) is 2.13. The summed E-state index contributed by atoms with van der Waals surface area (Å²) in [6.07, 6.45) is 0. The Balaban J connectivity index is 1.80. The topological polar surface area (TPSA) is 23.6 Å². The predicted molar refractivity (Wildman–Crippen MR) is 65.2 cm³/mol. The normalized spacial score (nSPS) is 32.9. The maximum Gasteiger partial charge on any atom is 0.182 e. The van der Waals surface area contributed by atoms with Crippen LogP contribution in [0, 0.1) is 6.92 Å². The molecule has 3 nitrogen and oxygen atoms in total. The molecule has 0 N–H and O–H groups in total. The highest BCUT2D eigenvalue weighted by molar-refractivity contribution is 7.10. The van der Waals surface area contributed by atoms with E-state index in [1.165, 1.54) is 4.88 Å². The van der Waals surface area contributed by atoms with Crippen molar-refractivity contribution < 1.29 is 4.79 Å². The number of rotatable bonds is 2. The first-order valence-electron chi connectivity index (χ1n) is 5.80. The van der Waals surface area contributed by atoms with Gasteiger partial charge >= 0.3 is 0 Å². The molecule has 0 aliphatic carbocycles. The molecule has 16 heavy (non-hydrogen) atoms. The lowest BCUT2D eigenvalue weighted by molar-refractivity contribution is 0.0159. The number of carbonyl (C=O) groups excluding carboxylic acids is 1. The molecule has 86 valence electrons. The third-order valence-electron chi connectivity index (χ3n) is 3.60. The third-order valence-corrected chi connectivity index (χ3v) is 4.46. The molecule has 0 saturated carbocycles. The highest BCUT2D eigenvalue weighted by atomic mass is 32.1. The van der Waals surface area contributed by atoms with Gasteiger partial charge in [-0.05, 0) is 13.0 Å². The number of carbonyl (C=O) groups is 1. The van der Waals surface area contributed by atoms with E-state index in [9.17, 15) is 4.79 Å². The van der Waals surface area contributed by atoms with Gasteiger partial charge in [-0.15, -0.1) is 11.3 Å². The zero-order valence-corrected chi connectivity index (χ0v) is 10.3. The van der Waals surface area contributed by atoms with Crippen molar-refractivity contribution in [2.45, 2.75) is 13.0 Å². The molecule has 0 radical (unpaired) electrons. The molecule has 1 aromatic heterocycles. The van der Waals surface area contributed by atoms with E-state index < -0.39 is 0 Å². The Bertz CT molecular complexity index is 407. The fourth-order valence-electron chi connectivity index (χ4n) is 2.63. The Morgan fingerprint density at radius 1 is 1.38 bits per heavy atom. The quantitative estimate of drug-likeness (QED) is 0.722. The van der Waals surface area contributed by atoms with E-state index in [2.05, 4.69) is 16.7 Å². The molecule has 1 aromatic rings. The lowest BCUT2D eigenvalue weighted by atomic mass is 10.00. The van der Waals surface area contributed by atoms with E-state index in [1.807, 2.05) is 11.4 Å². The van der Waals surface area contributed by atoms with E-state index in [-0.39, 0.29) is 6.04 Å². The van der Waals surface area contributed by atoms with Crippen molar-refractivity contribution in [2.24, 2.45) is 0 Å². The Hall–Kier alpha value is -0.710. The summed E-state index contributed by atoms with van der Waals surface area (Å²) >= 11 is 1.66. The highest BCUT2D eigenvalue weighted by Crippen LogP contribution is 2.21. The number of nitrogens with zero attached hydrogens (tertiary/aromatic N) is 2. The number of piperazine rings is 3. The maximum atomic E-state index is 12.3. The van der Waals surface area contributed by atoms with E-state index in [0.717, 1.165) is 38.3 Å². The molecule has 2 bridgehead atoms. The molecular weight excluding hydrogens is 220 g/mol. The Morgan fingerprint density at radius 3 is 2.62 bits per heavy atom. The van der Waals surface area contributed by atoms with Gasteiger partial charge in [-0.25, -0.2) is 0 Å². The van der Waals surface area contributed by atoms with Crippen molar-refractivity contribution in [1.29, 1.82) is 0 Å². The van der Waals surface area contributed by atoms with Gasteiger partial charge in [0.25, 0.3) is 0 Å². The first-order chi connectivity index (χ1) is 7.74. The summed E-state index contributed by atoms with van der Waals surface area (Å²) in [6.45, 7) is 7.35. The average Bonchev–Trinajstić information content (AvgIpc) is 2.76. The average molecular weight is 236 g/mol. The zero-order chi connectivity index (χ0) is 11.1. The minimum Gasteiger partial charge on any atom is -0.299 e. The summed E-state index contributed by atoms with van der Waals surface area (Å²) in [5.74, 6) is 0.314. The van der Waals surface area contributed by atoms with Gasteiger partial charge in [0.1, 0.15) is 0 Å². The van der Waals surface area contributed by atoms with Crippen LogP contribution in [0.1, 0.15) is 15.2 Å². The van der Waals surface area contributed by atoms with Crippen molar-refractivity contribution >= 4 is 17.1 Å². The highest BCUT2D eigenvalue weighted by Gasteiger charge is 2.36. The fraction of sp³-hybridized carbons (Fsp3) is 0.583. The Labute approximate surface area is 99.7 Å². The molecular formula is C12H16N2OS. The van der Waals surface area contributed by atoms with Crippen LogP contribution < -0.4 is 0 Å². The van der Waals surface area contributed by atoms with Crippen molar-refractivity contribution in [3.63, 3.8) is 0 Å². The van der Waals surface area contributed by atoms with Gasteiger partial charge in [0.05, 0.1) is 6.04 Å². The molecule has 1 unspecified atom stereocenters. The van der Waals surface area contributed by atoms with E-state index in [4.69, 9.17) is 0 Å². The van der Waals surface area contributed by atoms with Crippen LogP contribution in [0.5, 0.6) is 0 Å². The minimum atomic E-state index is 0.108. The second kappa shape index (κ2) is 3.95. The van der Waals surface area contributed by atoms with Gasteiger partial charge < -0.3 is 0 Å². The molecule has 4 heteroatoms. The smallest absolute Gasteiger partial charge is 0.182 e. The van der Waals surface area contributed by atoms with Crippen LogP contribution >= 0.6 is 11.3 Å². The molecule has 0 spiro atoms. The SMILES string of the molecule is Cc1cc(C(=O)C2CN3CCN2CC3)cs1. The fourth-order valence-corrected chi connectivity index (χ4v) is 3.32. The number of aryl methyl sites for hydroxylation is 1. The van der Waals surface area contributed by atoms with Gasteiger partial charge in [-0.1, -0.05) is 0 Å². The first-order valence-corrected chi connectivity index (χ1v) is 6.68. The predicted octanol–water partition coefficient (Wildman–Crippen LogP) is 1.24. The number of Topliss-reactive ketones (excluding diaryl/α,β-unsaturated/α-hetero) is 1. The summed E-state index contributed by atoms with van der Waals surface area (Å²) in [7, 11) is 0. The Morgan fingerprint density at radius 2 is 2.12 bits per heavy atom. The van der Waals surface area contributed by atoms with Crippen LogP contribution in [0.2, 0.25) is 0 Å². The number of ketones is 1. The summed E-state index contributed by atoms with van der Waals surface area (Å²) < 4.78 is 0. The van der Waals surface area contributed by atoms with Gasteiger partial charge in [-0.3, -0.25) is 14.6 Å². The van der Waals surface area contributed by atoms with Gasteiger partial charge in [0.15, 0.2) is 5.78 Å². The standard InChI is InChI=1S/C12H16N2OS/c1-9-6-10(8-16-9)12(15)11-7-13-2-4-14(11)5-3-13/h6,8,11H,2-5,7H2,1H3. The molecule has 3 saturated heterocycles. The lowest BCUT2D eigenvalue weighted by Gasteiger charge is -2.46. The number of thiophene rings is 1. The van der Waals surface area contributed by atoms with E-state index in [0.29, 0.717) is 5.78 Å². The van der Waals surface area contributed by atoms with Crippen LogP contribution in [-0.2, 0) is 0 Å². The molecule has 4 heterocycles. The second-order valence-electron chi connectivity index (χ2n) is 4.66. The van der Waals surface area contributed by atoms with E-state index >= 15 is 0 Å². The second-order valence-corrected chi connectivity index (χ2v) is 5.78. The van der Waals surface area contributed by atoms with Gasteiger partial charge in [-0.2, -0.15) is 0 Å². The van der Waals surface area contributed by atoms with Crippen molar-refractivity contribution in [3.8, 4) is 0 Å². The van der Waals surface area contributed by atoms with Crippen LogP contribution in [0.3, 0.4) is 0 Å². The zero-order valence-electron chi connectivity index (χ0n) is 9.48. The number of hydrogen-bond acceptors (Lipinski definition) is 4. The van der Waals surface area contributed by atoms with Crippen molar-refractivity contribution in [3.05, 3.63) is 21.9 Å². The van der Waals surface area contributed by atoms with Crippen LogP contribution in [0.4, 0.5) is 0 Å². The van der Waals surface area contributed by atoms with Gasteiger partial charge in [0.2, 0.25) is 0 Å². The molecule has 1 atom stereocenters. The van der Waals surface area contributed by atoms with Crippen LogP contribution in [0.25, 0.3) is 0 Å². The summed E-state index contributed by atoms with van der Waals surface area (Å²) in [5.41, 5.74) is 0.904. The van der Waals surface area contributed by atoms with Crippen molar-refractivity contribution in [1.82, 2.24) is 9.80 Å².